The smallest absolute Gasteiger partial charge is 0.233 e. The number of nitrogens with one attached hydrogen (secondary N) is 1. The number of nitrogens with zero attached hydrogens (tertiary/aromatic N) is 1. The predicted octanol–water partition coefficient (Wildman–Crippen LogP) is 5.16. The molecular formula is C25H29N3O2. The lowest BCUT2D eigenvalue weighted by Gasteiger charge is -2.22. The molecule has 30 heavy (non-hydrogen) atoms. The molecule has 3 aromatic rings. The molecule has 0 saturated heterocycles. The van der Waals surface area contributed by atoms with Crippen molar-refractivity contribution in [2.75, 3.05) is 11.9 Å². The predicted molar refractivity (Wildman–Crippen MR) is 123 cm³/mol. The molecule has 5 nitrogen and oxygen atoms in total. The van der Waals surface area contributed by atoms with Crippen LogP contribution in [0.2, 0.25) is 0 Å². The standard InChI is InChI=1S/C25H29N3O2/c1-16-22-10-9-20(13-19(22)11-12-27-16)28-24(29)23(15-26)18-7-6-8-21(14-18)30-17(2)25(3,4)5/h6-14,23H,2,15,26H2,1,3-5H3,(H,28,29). The van der Waals surface area contributed by atoms with Gasteiger partial charge in [0.1, 0.15) is 11.5 Å². The summed E-state index contributed by atoms with van der Waals surface area (Å²) in [5.74, 6) is 0.655. The Morgan fingerprint density at radius 2 is 1.97 bits per heavy atom. The summed E-state index contributed by atoms with van der Waals surface area (Å²) in [4.78, 5) is 17.3. The number of allylic oxidation sites excluding steroid dienone is 1. The number of ether oxygens (including phenoxy) is 1. The number of anilines is 1. The van der Waals surface area contributed by atoms with E-state index >= 15 is 0 Å². The van der Waals surface area contributed by atoms with Gasteiger partial charge in [-0.3, -0.25) is 9.78 Å². The van der Waals surface area contributed by atoms with Crippen molar-refractivity contribution in [3.63, 3.8) is 0 Å². The first-order chi connectivity index (χ1) is 14.2. The van der Waals surface area contributed by atoms with Gasteiger partial charge < -0.3 is 15.8 Å². The highest BCUT2D eigenvalue weighted by Crippen LogP contribution is 2.29. The first-order valence-corrected chi connectivity index (χ1v) is 10.0. The van der Waals surface area contributed by atoms with Gasteiger partial charge in [-0.1, -0.05) is 45.5 Å². The van der Waals surface area contributed by atoms with Crippen molar-refractivity contribution < 1.29 is 9.53 Å². The molecule has 1 heterocycles. The molecule has 0 fully saturated rings. The third kappa shape index (κ3) is 4.86. The van der Waals surface area contributed by atoms with Crippen molar-refractivity contribution in [3.8, 4) is 5.75 Å². The van der Waals surface area contributed by atoms with E-state index in [1.165, 1.54) is 0 Å². The van der Waals surface area contributed by atoms with Gasteiger partial charge in [0.25, 0.3) is 0 Å². The van der Waals surface area contributed by atoms with E-state index in [9.17, 15) is 4.79 Å². The zero-order valence-corrected chi connectivity index (χ0v) is 18.0. The fourth-order valence-electron chi connectivity index (χ4n) is 3.12. The number of carbonyl (C=O) groups is 1. The number of hydrogen-bond acceptors (Lipinski definition) is 4. The van der Waals surface area contributed by atoms with Crippen LogP contribution < -0.4 is 15.8 Å². The molecule has 0 aliphatic rings. The van der Waals surface area contributed by atoms with Crippen LogP contribution in [0.4, 0.5) is 5.69 Å². The van der Waals surface area contributed by atoms with Gasteiger partial charge >= 0.3 is 0 Å². The molecule has 2 aromatic carbocycles. The van der Waals surface area contributed by atoms with Crippen molar-refractivity contribution in [1.29, 1.82) is 0 Å². The second-order valence-corrected chi connectivity index (χ2v) is 8.46. The van der Waals surface area contributed by atoms with Crippen molar-refractivity contribution in [2.24, 2.45) is 11.1 Å². The molecule has 0 aliphatic heterocycles. The fraction of sp³-hybridized carbons (Fsp3) is 0.280. The Bertz CT molecular complexity index is 1080. The summed E-state index contributed by atoms with van der Waals surface area (Å²) in [6.07, 6.45) is 1.77. The quantitative estimate of drug-likeness (QED) is 0.557. The van der Waals surface area contributed by atoms with Crippen LogP contribution in [0.3, 0.4) is 0 Å². The Morgan fingerprint density at radius 3 is 2.67 bits per heavy atom. The number of benzene rings is 2. The number of carbonyl (C=O) groups excluding carboxylic acids is 1. The molecule has 0 bridgehead atoms. The topological polar surface area (TPSA) is 77.2 Å². The SMILES string of the molecule is C=C(Oc1cccc(C(CN)C(=O)Nc2ccc3c(C)nccc3c2)c1)C(C)(C)C. The number of amides is 1. The molecule has 1 aromatic heterocycles. The van der Waals surface area contributed by atoms with Crippen LogP contribution in [0.25, 0.3) is 10.8 Å². The lowest BCUT2D eigenvalue weighted by Crippen LogP contribution is -2.27. The van der Waals surface area contributed by atoms with Crippen LogP contribution in [-0.4, -0.2) is 17.4 Å². The van der Waals surface area contributed by atoms with E-state index in [0.717, 1.165) is 27.7 Å². The molecule has 3 rings (SSSR count). The number of hydrogen-bond donors (Lipinski definition) is 2. The summed E-state index contributed by atoms with van der Waals surface area (Å²) in [6.45, 7) is 12.3. The molecule has 0 spiro atoms. The lowest BCUT2D eigenvalue weighted by molar-refractivity contribution is -0.117. The number of aryl methyl sites for hydroxylation is 1. The lowest BCUT2D eigenvalue weighted by atomic mass is 9.94. The highest BCUT2D eigenvalue weighted by atomic mass is 16.5. The Morgan fingerprint density at radius 1 is 1.20 bits per heavy atom. The van der Waals surface area contributed by atoms with E-state index < -0.39 is 5.92 Å². The van der Waals surface area contributed by atoms with Crippen LogP contribution in [-0.2, 0) is 4.79 Å². The molecule has 1 unspecified atom stereocenters. The monoisotopic (exact) mass is 403 g/mol. The minimum atomic E-state index is -0.494. The van der Waals surface area contributed by atoms with Gasteiger partial charge in [-0.2, -0.15) is 0 Å². The van der Waals surface area contributed by atoms with Crippen LogP contribution in [0, 0.1) is 12.3 Å². The van der Waals surface area contributed by atoms with Gasteiger partial charge in [-0.15, -0.1) is 0 Å². The van der Waals surface area contributed by atoms with E-state index in [1.807, 2.05) is 76.2 Å². The molecule has 0 aliphatic carbocycles. The molecule has 1 atom stereocenters. The summed E-state index contributed by atoms with van der Waals surface area (Å²) in [6, 6.07) is 15.2. The fourth-order valence-corrected chi connectivity index (χ4v) is 3.12. The summed E-state index contributed by atoms with van der Waals surface area (Å²) >= 11 is 0. The molecule has 1 amide bonds. The third-order valence-corrected chi connectivity index (χ3v) is 5.12. The van der Waals surface area contributed by atoms with Crippen molar-refractivity contribution in [2.45, 2.75) is 33.6 Å². The second kappa shape index (κ2) is 8.67. The maximum absolute atomic E-state index is 13.0. The molecule has 156 valence electrons. The minimum absolute atomic E-state index is 0.158. The van der Waals surface area contributed by atoms with E-state index in [1.54, 1.807) is 6.20 Å². The zero-order chi connectivity index (χ0) is 21.9. The number of aromatic nitrogens is 1. The van der Waals surface area contributed by atoms with E-state index in [-0.39, 0.29) is 17.9 Å². The number of pyridine rings is 1. The first-order valence-electron chi connectivity index (χ1n) is 10.0. The maximum Gasteiger partial charge on any atom is 0.233 e. The average Bonchev–Trinajstić information content (AvgIpc) is 2.68. The Labute approximate surface area is 178 Å². The van der Waals surface area contributed by atoms with Crippen LogP contribution in [0.15, 0.2) is 67.1 Å². The van der Waals surface area contributed by atoms with Gasteiger partial charge in [-0.25, -0.2) is 0 Å². The molecule has 3 N–H and O–H groups in total. The minimum Gasteiger partial charge on any atom is -0.462 e. The number of rotatable bonds is 6. The molecular weight excluding hydrogens is 374 g/mol. The number of fused-ring (bicyclic) bond motifs is 1. The Balaban J connectivity index is 1.79. The number of nitrogens with two attached hydrogens (primary N) is 1. The van der Waals surface area contributed by atoms with Gasteiger partial charge in [-0.05, 0) is 48.2 Å². The normalized spacial score (nSPS) is 12.4. The van der Waals surface area contributed by atoms with Crippen LogP contribution >= 0.6 is 0 Å². The maximum atomic E-state index is 13.0. The van der Waals surface area contributed by atoms with Crippen LogP contribution in [0.1, 0.15) is 37.9 Å². The van der Waals surface area contributed by atoms with Crippen molar-refractivity contribution in [3.05, 3.63) is 78.3 Å². The summed E-state index contributed by atoms with van der Waals surface area (Å²) in [7, 11) is 0. The van der Waals surface area contributed by atoms with E-state index in [4.69, 9.17) is 10.5 Å². The molecule has 0 radical (unpaired) electrons. The van der Waals surface area contributed by atoms with Crippen molar-refractivity contribution in [1.82, 2.24) is 4.98 Å². The highest BCUT2D eigenvalue weighted by molar-refractivity contribution is 5.98. The highest BCUT2D eigenvalue weighted by Gasteiger charge is 2.21. The van der Waals surface area contributed by atoms with E-state index in [2.05, 4.69) is 16.9 Å². The van der Waals surface area contributed by atoms with Crippen LogP contribution in [0.5, 0.6) is 5.75 Å². The largest absolute Gasteiger partial charge is 0.462 e. The van der Waals surface area contributed by atoms with E-state index in [0.29, 0.717) is 11.5 Å². The van der Waals surface area contributed by atoms with Gasteiger partial charge in [0.15, 0.2) is 0 Å². The van der Waals surface area contributed by atoms with Gasteiger partial charge in [0.2, 0.25) is 5.91 Å². The van der Waals surface area contributed by atoms with Gasteiger partial charge in [0, 0.05) is 34.9 Å². The average molecular weight is 404 g/mol. The third-order valence-electron chi connectivity index (χ3n) is 5.12. The summed E-state index contributed by atoms with van der Waals surface area (Å²) < 4.78 is 5.90. The zero-order valence-electron chi connectivity index (χ0n) is 18.0. The second-order valence-electron chi connectivity index (χ2n) is 8.46. The summed E-state index contributed by atoms with van der Waals surface area (Å²) in [5.41, 5.74) is 8.27. The molecule has 0 saturated carbocycles. The first kappa shape index (κ1) is 21.5. The van der Waals surface area contributed by atoms with Gasteiger partial charge in [0.05, 0.1) is 5.92 Å². The Kier molecular flexibility index (Phi) is 6.22. The Hall–Kier alpha value is -3.18. The summed E-state index contributed by atoms with van der Waals surface area (Å²) in [5, 5.41) is 5.08. The van der Waals surface area contributed by atoms with Crippen molar-refractivity contribution >= 4 is 22.4 Å². The molecule has 5 heteroatoms.